The topological polar surface area (TPSA) is 58.6 Å². The summed E-state index contributed by atoms with van der Waals surface area (Å²) in [5, 5.41) is 11.8. The van der Waals surface area contributed by atoms with Crippen molar-refractivity contribution in [1.82, 2.24) is 5.32 Å². The Morgan fingerprint density at radius 2 is 2.25 bits per heavy atom. The van der Waals surface area contributed by atoms with Crippen LogP contribution in [0, 0.1) is 0 Å². The van der Waals surface area contributed by atoms with Crippen molar-refractivity contribution in [2.75, 3.05) is 20.3 Å². The Labute approximate surface area is 99.2 Å². The summed E-state index contributed by atoms with van der Waals surface area (Å²) in [5.41, 5.74) is 0.240. The minimum atomic E-state index is -0.347. The predicted molar refractivity (Wildman–Crippen MR) is 62.0 cm³/mol. The van der Waals surface area contributed by atoms with Gasteiger partial charge in [0.1, 0.15) is 5.75 Å². The molecule has 4 nitrogen and oxygen atoms in total. The van der Waals surface area contributed by atoms with E-state index in [1.54, 1.807) is 25.3 Å². The van der Waals surface area contributed by atoms with Gasteiger partial charge in [-0.25, -0.2) is 0 Å². The van der Waals surface area contributed by atoms with Crippen molar-refractivity contribution in [2.45, 2.75) is 5.38 Å². The minimum Gasteiger partial charge on any atom is -0.507 e. The average Bonchev–Trinajstić information content (AvgIpc) is 2.27. The van der Waals surface area contributed by atoms with Crippen LogP contribution >= 0.6 is 11.6 Å². The number of carbonyl (C=O) groups excluding carboxylic acids is 1. The Morgan fingerprint density at radius 1 is 1.56 bits per heavy atom. The van der Waals surface area contributed by atoms with E-state index in [0.717, 1.165) is 0 Å². The standard InChI is InChI=1S/C11H14ClNO3/c1-16-7-8(12)6-13-11(15)9-4-2-3-5-10(9)14/h2-5,8,14H,6-7H2,1H3,(H,13,15). The van der Waals surface area contributed by atoms with Crippen LogP contribution in [0.5, 0.6) is 5.75 Å². The molecule has 1 atom stereocenters. The maximum atomic E-state index is 11.6. The lowest BCUT2D eigenvalue weighted by atomic mass is 10.2. The lowest BCUT2D eigenvalue weighted by molar-refractivity contribution is 0.0946. The molecule has 0 aliphatic carbocycles. The molecule has 0 aliphatic rings. The number of alkyl halides is 1. The van der Waals surface area contributed by atoms with Crippen LogP contribution in [-0.4, -0.2) is 36.7 Å². The lowest BCUT2D eigenvalue weighted by Crippen LogP contribution is -2.31. The number of amides is 1. The molecule has 0 aliphatic heterocycles. The summed E-state index contributed by atoms with van der Waals surface area (Å²) in [4.78, 5) is 11.6. The number of phenols is 1. The predicted octanol–water partition coefficient (Wildman–Crippen LogP) is 1.38. The highest BCUT2D eigenvalue weighted by atomic mass is 35.5. The second-order valence-electron chi connectivity index (χ2n) is 3.28. The Morgan fingerprint density at radius 3 is 2.88 bits per heavy atom. The second kappa shape index (κ2) is 6.35. The van der Waals surface area contributed by atoms with Gasteiger partial charge >= 0.3 is 0 Å². The third kappa shape index (κ3) is 3.72. The van der Waals surface area contributed by atoms with Crippen molar-refractivity contribution in [1.29, 1.82) is 0 Å². The first-order valence-corrected chi connectivity index (χ1v) is 5.28. The molecule has 5 heteroatoms. The number of hydrogen-bond donors (Lipinski definition) is 2. The molecule has 16 heavy (non-hydrogen) atoms. The maximum Gasteiger partial charge on any atom is 0.255 e. The van der Waals surface area contributed by atoms with Crippen LogP contribution < -0.4 is 5.32 Å². The number of phenolic OH excluding ortho intramolecular Hbond substituents is 1. The molecule has 0 fully saturated rings. The van der Waals surface area contributed by atoms with Gasteiger partial charge in [0, 0.05) is 13.7 Å². The molecule has 2 N–H and O–H groups in total. The molecule has 1 amide bonds. The highest BCUT2D eigenvalue weighted by Crippen LogP contribution is 2.14. The largest absolute Gasteiger partial charge is 0.507 e. The van der Waals surface area contributed by atoms with Gasteiger partial charge in [-0.3, -0.25) is 4.79 Å². The molecule has 0 saturated carbocycles. The number of nitrogens with one attached hydrogen (secondary N) is 1. The molecule has 0 bridgehead atoms. The van der Waals surface area contributed by atoms with E-state index in [0.29, 0.717) is 13.2 Å². The zero-order chi connectivity index (χ0) is 12.0. The Hall–Kier alpha value is -1.26. The first kappa shape index (κ1) is 12.8. The van der Waals surface area contributed by atoms with Gasteiger partial charge in [0.05, 0.1) is 17.5 Å². The van der Waals surface area contributed by atoms with E-state index in [9.17, 15) is 9.90 Å². The van der Waals surface area contributed by atoms with Crippen LogP contribution in [0.1, 0.15) is 10.4 Å². The van der Waals surface area contributed by atoms with Crippen LogP contribution in [0.2, 0.25) is 0 Å². The van der Waals surface area contributed by atoms with E-state index < -0.39 is 0 Å². The highest BCUT2D eigenvalue weighted by Gasteiger charge is 2.11. The van der Waals surface area contributed by atoms with Gasteiger partial charge in [-0.15, -0.1) is 11.6 Å². The molecular weight excluding hydrogens is 230 g/mol. The van der Waals surface area contributed by atoms with Gasteiger partial charge in [-0.1, -0.05) is 12.1 Å². The van der Waals surface area contributed by atoms with E-state index in [2.05, 4.69) is 5.32 Å². The highest BCUT2D eigenvalue weighted by molar-refractivity contribution is 6.21. The number of carbonyl (C=O) groups is 1. The van der Waals surface area contributed by atoms with Crippen LogP contribution in [0.15, 0.2) is 24.3 Å². The Balaban J connectivity index is 2.50. The van der Waals surface area contributed by atoms with Crippen molar-refractivity contribution in [2.24, 2.45) is 0 Å². The van der Waals surface area contributed by atoms with Crippen LogP contribution in [-0.2, 0) is 4.74 Å². The number of benzene rings is 1. The molecule has 0 heterocycles. The molecule has 0 radical (unpaired) electrons. The quantitative estimate of drug-likeness (QED) is 0.768. The SMILES string of the molecule is COCC(Cl)CNC(=O)c1ccccc1O. The molecule has 0 aromatic heterocycles. The Bertz CT molecular complexity index is 357. The third-order valence-electron chi connectivity index (χ3n) is 1.98. The average molecular weight is 244 g/mol. The molecular formula is C11H14ClNO3. The number of halogens is 1. The van der Waals surface area contributed by atoms with Crippen molar-refractivity contribution >= 4 is 17.5 Å². The fourth-order valence-corrected chi connectivity index (χ4v) is 1.41. The van der Waals surface area contributed by atoms with Gasteiger partial charge in [0.15, 0.2) is 0 Å². The van der Waals surface area contributed by atoms with E-state index >= 15 is 0 Å². The number of hydrogen-bond acceptors (Lipinski definition) is 3. The first-order chi connectivity index (χ1) is 7.65. The fraction of sp³-hybridized carbons (Fsp3) is 0.364. The first-order valence-electron chi connectivity index (χ1n) is 4.84. The summed E-state index contributed by atoms with van der Waals surface area (Å²) < 4.78 is 4.83. The second-order valence-corrected chi connectivity index (χ2v) is 3.90. The monoisotopic (exact) mass is 243 g/mol. The number of aromatic hydroxyl groups is 1. The summed E-state index contributed by atoms with van der Waals surface area (Å²) in [5.74, 6) is -0.391. The molecule has 88 valence electrons. The number of ether oxygens (including phenoxy) is 1. The zero-order valence-electron chi connectivity index (χ0n) is 8.94. The smallest absolute Gasteiger partial charge is 0.255 e. The van der Waals surface area contributed by atoms with E-state index in [-0.39, 0.29) is 22.6 Å². The van der Waals surface area contributed by atoms with Crippen molar-refractivity contribution in [3.63, 3.8) is 0 Å². The molecule has 1 aromatic rings. The van der Waals surface area contributed by atoms with Crippen molar-refractivity contribution < 1.29 is 14.6 Å². The van der Waals surface area contributed by atoms with Crippen LogP contribution in [0.4, 0.5) is 0 Å². The van der Waals surface area contributed by atoms with Gasteiger partial charge in [0.2, 0.25) is 0 Å². The number of methoxy groups -OCH3 is 1. The van der Waals surface area contributed by atoms with E-state index in [4.69, 9.17) is 16.3 Å². The molecule has 1 unspecified atom stereocenters. The molecule has 1 aromatic carbocycles. The lowest BCUT2D eigenvalue weighted by Gasteiger charge is -2.10. The van der Waals surface area contributed by atoms with Crippen LogP contribution in [0.25, 0.3) is 0 Å². The summed E-state index contributed by atoms with van der Waals surface area (Å²) in [7, 11) is 1.54. The van der Waals surface area contributed by atoms with E-state index in [1.807, 2.05) is 0 Å². The van der Waals surface area contributed by atoms with Crippen molar-refractivity contribution in [3.8, 4) is 5.75 Å². The van der Waals surface area contributed by atoms with Gasteiger partial charge < -0.3 is 15.2 Å². The van der Waals surface area contributed by atoms with Crippen LogP contribution in [0.3, 0.4) is 0 Å². The normalized spacial score (nSPS) is 12.1. The Kier molecular flexibility index (Phi) is 5.08. The number of rotatable bonds is 5. The van der Waals surface area contributed by atoms with Crippen molar-refractivity contribution in [3.05, 3.63) is 29.8 Å². The van der Waals surface area contributed by atoms with E-state index in [1.165, 1.54) is 6.07 Å². The third-order valence-corrected chi connectivity index (χ3v) is 2.26. The molecule has 0 saturated heterocycles. The summed E-state index contributed by atoms with van der Waals surface area (Å²) in [6, 6.07) is 6.34. The van der Waals surface area contributed by atoms with Gasteiger partial charge in [0.25, 0.3) is 5.91 Å². The van der Waals surface area contributed by atoms with Gasteiger partial charge in [-0.05, 0) is 12.1 Å². The zero-order valence-corrected chi connectivity index (χ0v) is 9.70. The number of para-hydroxylation sites is 1. The minimum absolute atomic E-state index is 0.0436. The molecule has 1 rings (SSSR count). The maximum absolute atomic E-state index is 11.6. The summed E-state index contributed by atoms with van der Waals surface area (Å²) in [6.45, 7) is 0.658. The molecule has 0 spiro atoms. The fourth-order valence-electron chi connectivity index (χ4n) is 1.20. The summed E-state index contributed by atoms with van der Waals surface area (Å²) >= 11 is 5.85. The van der Waals surface area contributed by atoms with Gasteiger partial charge in [-0.2, -0.15) is 0 Å². The summed E-state index contributed by atoms with van der Waals surface area (Å²) in [6.07, 6.45) is 0.